The van der Waals surface area contributed by atoms with Crippen LogP contribution in [0.5, 0.6) is 0 Å². The van der Waals surface area contributed by atoms with Crippen LogP contribution in [0.25, 0.3) is 64.3 Å². The molecule has 1 nitrogen and oxygen atoms in total. The number of thiophene rings is 1. The van der Waals surface area contributed by atoms with Gasteiger partial charge in [0.05, 0.1) is 0 Å². The van der Waals surface area contributed by atoms with Gasteiger partial charge in [0.2, 0.25) is 0 Å². The summed E-state index contributed by atoms with van der Waals surface area (Å²) in [4.78, 5) is 2.38. The van der Waals surface area contributed by atoms with Crippen LogP contribution in [0, 0.1) is 0 Å². The van der Waals surface area contributed by atoms with Crippen molar-refractivity contribution in [1.29, 1.82) is 0 Å². The maximum absolute atomic E-state index is 2.38. The van der Waals surface area contributed by atoms with Gasteiger partial charge in [-0.25, -0.2) is 0 Å². The summed E-state index contributed by atoms with van der Waals surface area (Å²) in [7, 11) is 0. The first-order valence-corrected chi connectivity index (χ1v) is 17.2. The maximum Gasteiger partial charge on any atom is 0.0468 e. The minimum atomic E-state index is 1.12. The van der Waals surface area contributed by atoms with Crippen molar-refractivity contribution in [3.63, 3.8) is 0 Å². The molecule has 0 bridgehead atoms. The van der Waals surface area contributed by atoms with Crippen LogP contribution >= 0.6 is 11.3 Å². The molecule has 9 rings (SSSR count). The van der Waals surface area contributed by atoms with E-state index in [1.807, 2.05) is 11.3 Å². The van der Waals surface area contributed by atoms with E-state index < -0.39 is 0 Å². The van der Waals surface area contributed by atoms with Crippen molar-refractivity contribution in [2.24, 2.45) is 0 Å². The zero-order valence-electron chi connectivity index (χ0n) is 26.3. The zero-order valence-corrected chi connectivity index (χ0v) is 27.1. The molecule has 0 saturated heterocycles. The van der Waals surface area contributed by atoms with Crippen molar-refractivity contribution in [1.82, 2.24) is 0 Å². The van der Waals surface area contributed by atoms with E-state index >= 15 is 0 Å². The largest absolute Gasteiger partial charge is 0.310 e. The Balaban J connectivity index is 1.14. The number of benzene rings is 8. The fourth-order valence-electron chi connectivity index (χ4n) is 6.90. The second-order valence-electron chi connectivity index (χ2n) is 12.2. The Morgan fingerprint density at radius 3 is 1.77 bits per heavy atom. The van der Waals surface area contributed by atoms with Gasteiger partial charge in [0, 0.05) is 37.2 Å². The van der Waals surface area contributed by atoms with Crippen molar-refractivity contribution in [3.8, 4) is 33.4 Å². The fourth-order valence-corrected chi connectivity index (χ4v) is 7.99. The molecule has 0 unspecified atom stereocenters. The molecular formula is C46H31NS. The Morgan fingerprint density at radius 1 is 0.312 bits per heavy atom. The van der Waals surface area contributed by atoms with Gasteiger partial charge in [0.15, 0.2) is 0 Å². The first-order valence-electron chi connectivity index (χ1n) is 16.3. The number of rotatable bonds is 6. The molecule has 0 aliphatic carbocycles. The summed E-state index contributed by atoms with van der Waals surface area (Å²) < 4.78 is 2.62. The number of anilines is 3. The highest BCUT2D eigenvalue weighted by Crippen LogP contribution is 2.42. The monoisotopic (exact) mass is 629 g/mol. The molecule has 1 heterocycles. The summed E-state index contributed by atoms with van der Waals surface area (Å²) in [5, 5.41) is 5.13. The average Bonchev–Trinajstić information content (AvgIpc) is 3.54. The lowest BCUT2D eigenvalue weighted by Gasteiger charge is -2.26. The standard InChI is InChI=1S/C46H31NS/c1-2-11-32(12-3-1)36-16-9-18-39(30-36)47(40-27-28-46-44(31-40)43-20-6-7-22-45(43)48-46)38-25-23-33(24-26-38)35-15-8-17-37(29-35)42-21-10-14-34-13-4-5-19-41(34)42/h1-31H. The fraction of sp³-hybridized carbons (Fsp3) is 0. The van der Waals surface area contributed by atoms with E-state index in [0.717, 1.165) is 17.1 Å². The maximum atomic E-state index is 2.38. The Hall–Kier alpha value is -5.96. The van der Waals surface area contributed by atoms with E-state index in [9.17, 15) is 0 Å². The van der Waals surface area contributed by atoms with Gasteiger partial charge in [0.25, 0.3) is 0 Å². The lowest BCUT2D eigenvalue weighted by molar-refractivity contribution is 1.29. The molecule has 0 spiro atoms. The van der Waals surface area contributed by atoms with Crippen LogP contribution in [0.15, 0.2) is 188 Å². The predicted octanol–water partition coefficient (Wildman–Crippen LogP) is 13.7. The van der Waals surface area contributed by atoms with Gasteiger partial charge in [-0.2, -0.15) is 0 Å². The molecule has 8 aromatic carbocycles. The lowest BCUT2D eigenvalue weighted by atomic mass is 9.95. The van der Waals surface area contributed by atoms with Crippen molar-refractivity contribution in [3.05, 3.63) is 188 Å². The second-order valence-corrected chi connectivity index (χ2v) is 13.3. The molecule has 9 aromatic rings. The van der Waals surface area contributed by atoms with Crippen LogP contribution in [-0.2, 0) is 0 Å². The summed E-state index contributed by atoms with van der Waals surface area (Å²) in [6.07, 6.45) is 0. The Labute approximate surface area is 284 Å². The van der Waals surface area contributed by atoms with Crippen LogP contribution < -0.4 is 4.90 Å². The lowest BCUT2D eigenvalue weighted by Crippen LogP contribution is -2.10. The molecule has 0 radical (unpaired) electrons. The summed E-state index contributed by atoms with van der Waals surface area (Å²) in [5.74, 6) is 0. The average molecular weight is 630 g/mol. The normalized spacial score (nSPS) is 11.3. The van der Waals surface area contributed by atoms with Crippen molar-refractivity contribution >= 4 is 59.3 Å². The Morgan fingerprint density at radius 2 is 0.896 bits per heavy atom. The van der Waals surface area contributed by atoms with Crippen LogP contribution in [0.4, 0.5) is 17.1 Å². The summed E-state index contributed by atoms with van der Waals surface area (Å²) in [6.45, 7) is 0. The van der Waals surface area contributed by atoms with Crippen LogP contribution in [0.3, 0.4) is 0 Å². The molecule has 0 aliphatic rings. The number of fused-ring (bicyclic) bond motifs is 4. The van der Waals surface area contributed by atoms with Gasteiger partial charge in [-0.05, 0) is 98.8 Å². The second kappa shape index (κ2) is 12.0. The molecule has 48 heavy (non-hydrogen) atoms. The molecular weight excluding hydrogens is 599 g/mol. The highest BCUT2D eigenvalue weighted by atomic mass is 32.1. The minimum absolute atomic E-state index is 1.12. The van der Waals surface area contributed by atoms with Crippen molar-refractivity contribution in [2.45, 2.75) is 0 Å². The van der Waals surface area contributed by atoms with Crippen LogP contribution in [0.2, 0.25) is 0 Å². The Kier molecular flexibility index (Phi) is 7.07. The number of hydrogen-bond donors (Lipinski definition) is 0. The molecule has 0 atom stereocenters. The summed E-state index contributed by atoms with van der Waals surface area (Å²) in [6, 6.07) is 68.2. The zero-order chi connectivity index (χ0) is 31.9. The third kappa shape index (κ3) is 5.13. The number of hydrogen-bond acceptors (Lipinski definition) is 2. The van der Waals surface area contributed by atoms with E-state index in [1.165, 1.54) is 64.3 Å². The van der Waals surface area contributed by atoms with Gasteiger partial charge < -0.3 is 4.90 Å². The quantitative estimate of drug-likeness (QED) is 0.177. The number of nitrogens with zero attached hydrogens (tertiary/aromatic N) is 1. The van der Waals surface area contributed by atoms with E-state index in [4.69, 9.17) is 0 Å². The third-order valence-corrected chi connectivity index (χ3v) is 10.4. The highest BCUT2D eigenvalue weighted by Gasteiger charge is 2.16. The van der Waals surface area contributed by atoms with Gasteiger partial charge in [-0.1, -0.05) is 133 Å². The van der Waals surface area contributed by atoms with Crippen molar-refractivity contribution < 1.29 is 0 Å². The Bertz CT molecular complexity index is 2560. The topological polar surface area (TPSA) is 3.24 Å². The molecule has 0 N–H and O–H groups in total. The molecule has 0 saturated carbocycles. The van der Waals surface area contributed by atoms with Crippen LogP contribution in [0.1, 0.15) is 0 Å². The summed E-state index contributed by atoms with van der Waals surface area (Å²) >= 11 is 1.85. The van der Waals surface area contributed by atoms with E-state index in [-0.39, 0.29) is 0 Å². The third-order valence-electron chi connectivity index (χ3n) is 9.25. The predicted molar refractivity (Wildman–Crippen MR) is 208 cm³/mol. The SMILES string of the molecule is c1ccc(-c2cccc(N(c3ccc(-c4cccc(-c5cccc6ccccc56)c4)cc3)c3ccc4sc5ccccc5c4c3)c2)cc1. The summed E-state index contributed by atoms with van der Waals surface area (Å²) in [5.41, 5.74) is 10.7. The van der Waals surface area contributed by atoms with E-state index in [2.05, 4.69) is 193 Å². The molecule has 1 aromatic heterocycles. The van der Waals surface area contributed by atoms with Crippen molar-refractivity contribution in [2.75, 3.05) is 4.90 Å². The highest BCUT2D eigenvalue weighted by molar-refractivity contribution is 7.25. The molecule has 0 amide bonds. The smallest absolute Gasteiger partial charge is 0.0468 e. The van der Waals surface area contributed by atoms with E-state index in [1.54, 1.807) is 0 Å². The molecule has 226 valence electrons. The van der Waals surface area contributed by atoms with Gasteiger partial charge in [-0.15, -0.1) is 11.3 Å². The van der Waals surface area contributed by atoms with E-state index in [0.29, 0.717) is 0 Å². The van der Waals surface area contributed by atoms with Gasteiger partial charge in [0.1, 0.15) is 0 Å². The first-order chi connectivity index (χ1) is 23.8. The van der Waals surface area contributed by atoms with Crippen LogP contribution in [-0.4, -0.2) is 0 Å². The first kappa shape index (κ1) is 28.3. The van der Waals surface area contributed by atoms with Gasteiger partial charge >= 0.3 is 0 Å². The molecule has 2 heteroatoms. The molecule has 0 fully saturated rings. The molecule has 0 aliphatic heterocycles. The minimum Gasteiger partial charge on any atom is -0.310 e. The van der Waals surface area contributed by atoms with Gasteiger partial charge in [-0.3, -0.25) is 0 Å².